The van der Waals surface area contributed by atoms with Crippen molar-refractivity contribution < 1.29 is 23.8 Å². The molecular formula is C30H38N4O5. The highest BCUT2D eigenvalue weighted by Gasteiger charge is 2.27. The van der Waals surface area contributed by atoms with E-state index in [4.69, 9.17) is 14.2 Å². The number of anilines is 1. The summed E-state index contributed by atoms with van der Waals surface area (Å²) >= 11 is 0. The van der Waals surface area contributed by atoms with Gasteiger partial charge in [-0.15, -0.1) is 0 Å². The maximum Gasteiger partial charge on any atom is 0.410 e. The van der Waals surface area contributed by atoms with Crippen LogP contribution in [0.2, 0.25) is 0 Å². The van der Waals surface area contributed by atoms with Crippen LogP contribution in [0, 0.1) is 0 Å². The highest BCUT2D eigenvalue weighted by atomic mass is 16.6. The van der Waals surface area contributed by atoms with Crippen LogP contribution in [0.25, 0.3) is 17.0 Å². The van der Waals surface area contributed by atoms with Crippen LogP contribution in [0.15, 0.2) is 48.7 Å². The smallest absolute Gasteiger partial charge is 0.410 e. The van der Waals surface area contributed by atoms with Crippen molar-refractivity contribution in [2.75, 3.05) is 58.8 Å². The Labute approximate surface area is 229 Å². The summed E-state index contributed by atoms with van der Waals surface area (Å²) < 4.78 is 17.0. The van der Waals surface area contributed by atoms with Crippen molar-refractivity contribution in [3.63, 3.8) is 0 Å². The van der Waals surface area contributed by atoms with Crippen molar-refractivity contribution in [3.8, 4) is 11.5 Å². The first-order valence-electron chi connectivity index (χ1n) is 13.1. The van der Waals surface area contributed by atoms with E-state index in [9.17, 15) is 9.59 Å². The van der Waals surface area contributed by atoms with Crippen LogP contribution in [-0.2, 0) is 9.47 Å². The van der Waals surface area contributed by atoms with Crippen LogP contribution < -0.4 is 9.64 Å². The van der Waals surface area contributed by atoms with Crippen molar-refractivity contribution in [2.45, 2.75) is 26.4 Å². The topological polar surface area (TPSA) is 87.3 Å². The van der Waals surface area contributed by atoms with E-state index >= 15 is 0 Å². The van der Waals surface area contributed by atoms with Crippen LogP contribution in [0.4, 0.5) is 10.5 Å². The Balaban J connectivity index is 1.60. The fourth-order valence-electron chi connectivity index (χ4n) is 4.45. The summed E-state index contributed by atoms with van der Waals surface area (Å²) in [6.07, 6.45) is 5.80. The van der Waals surface area contributed by atoms with Crippen molar-refractivity contribution in [1.29, 1.82) is 0 Å². The average molecular weight is 535 g/mol. The zero-order valence-corrected chi connectivity index (χ0v) is 23.6. The third kappa shape index (κ3) is 6.92. The highest BCUT2D eigenvalue weighted by Crippen LogP contribution is 2.36. The first kappa shape index (κ1) is 28.0. The predicted molar refractivity (Wildman–Crippen MR) is 154 cm³/mol. The van der Waals surface area contributed by atoms with Crippen molar-refractivity contribution in [3.05, 3.63) is 59.8 Å². The number of carbonyl (C=O) groups excluding carboxylic acids is 2. The normalized spacial score (nSPS) is 14.3. The molecule has 0 radical (unpaired) electrons. The summed E-state index contributed by atoms with van der Waals surface area (Å²) in [6, 6.07) is 11.3. The number of fused-ring (bicyclic) bond motifs is 1. The molecule has 2 heterocycles. The summed E-state index contributed by atoms with van der Waals surface area (Å²) in [5.74, 6) is 0.569. The van der Waals surface area contributed by atoms with E-state index < -0.39 is 11.6 Å². The molecule has 0 atom stereocenters. The Bertz CT molecular complexity index is 1350. The van der Waals surface area contributed by atoms with Crippen LogP contribution in [0.5, 0.6) is 11.5 Å². The minimum atomic E-state index is -0.533. The quantitative estimate of drug-likeness (QED) is 0.407. The highest BCUT2D eigenvalue weighted by molar-refractivity contribution is 5.96. The largest absolute Gasteiger partial charge is 0.465 e. The van der Waals surface area contributed by atoms with Gasteiger partial charge < -0.3 is 33.9 Å². The van der Waals surface area contributed by atoms with Crippen LogP contribution >= 0.6 is 0 Å². The van der Waals surface area contributed by atoms with Gasteiger partial charge >= 0.3 is 12.1 Å². The molecule has 0 saturated carbocycles. The molecule has 9 nitrogen and oxygen atoms in total. The Hall–Kier alpha value is -3.98. The van der Waals surface area contributed by atoms with Crippen molar-refractivity contribution in [2.24, 2.45) is 0 Å². The standard InChI is InChI=1S/C30H38N4O5/c1-30(2,3)39-29(36)34-17-15-33(16-18-34)22-12-13-23(28(35)37-6)26(19-22)38-25-11-7-10-24-27(25)21(20-31-24)9-8-14-32(4)5/h7-13,19-20,31H,14-18H2,1-6H3/b9-8+. The number of H-pyrrole nitrogens is 1. The van der Waals surface area contributed by atoms with Gasteiger partial charge in [-0.2, -0.15) is 0 Å². The lowest BCUT2D eigenvalue weighted by atomic mass is 10.1. The zero-order valence-electron chi connectivity index (χ0n) is 23.6. The predicted octanol–water partition coefficient (Wildman–Crippen LogP) is 5.38. The third-order valence-corrected chi connectivity index (χ3v) is 6.35. The molecule has 4 rings (SSSR count). The van der Waals surface area contributed by atoms with E-state index in [0.29, 0.717) is 43.2 Å². The van der Waals surface area contributed by atoms with Gasteiger partial charge in [0.1, 0.15) is 22.7 Å². The average Bonchev–Trinajstić information content (AvgIpc) is 3.31. The first-order valence-corrected chi connectivity index (χ1v) is 13.1. The van der Waals surface area contributed by atoms with E-state index in [-0.39, 0.29) is 6.09 Å². The van der Waals surface area contributed by atoms with Gasteiger partial charge in [-0.05, 0) is 59.1 Å². The molecule has 1 N–H and O–H groups in total. The van der Waals surface area contributed by atoms with E-state index in [1.807, 2.05) is 71.4 Å². The molecule has 39 heavy (non-hydrogen) atoms. The Morgan fingerprint density at radius 1 is 1.05 bits per heavy atom. The number of hydrogen-bond acceptors (Lipinski definition) is 7. The third-order valence-electron chi connectivity index (χ3n) is 6.35. The summed E-state index contributed by atoms with van der Waals surface area (Å²) in [6.45, 7) is 8.73. The number of esters is 1. The number of nitrogens with one attached hydrogen (secondary N) is 1. The van der Waals surface area contributed by atoms with Crippen LogP contribution in [-0.4, -0.2) is 86.4 Å². The van der Waals surface area contributed by atoms with Crippen LogP contribution in [0.3, 0.4) is 0 Å². The molecule has 1 fully saturated rings. The fourth-order valence-corrected chi connectivity index (χ4v) is 4.45. The number of hydrogen-bond donors (Lipinski definition) is 1. The van der Waals surface area contributed by atoms with E-state index in [2.05, 4.69) is 26.9 Å². The zero-order chi connectivity index (χ0) is 28.2. The Morgan fingerprint density at radius 3 is 2.46 bits per heavy atom. The number of aromatic amines is 1. The summed E-state index contributed by atoms with van der Waals surface area (Å²) in [7, 11) is 5.40. The monoisotopic (exact) mass is 534 g/mol. The molecule has 9 heteroatoms. The van der Waals surface area contributed by atoms with Gasteiger partial charge in [-0.25, -0.2) is 9.59 Å². The number of amides is 1. The van der Waals surface area contributed by atoms with E-state index in [0.717, 1.165) is 28.7 Å². The van der Waals surface area contributed by atoms with Gasteiger partial charge in [0.2, 0.25) is 0 Å². The molecule has 3 aromatic rings. The minimum absolute atomic E-state index is 0.303. The molecule has 208 valence electrons. The number of likely N-dealkylation sites (N-methyl/N-ethyl adjacent to an activating group) is 1. The maximum absolute atomic E-state index is 12.6. The van der Waals surface area contributed by atoms with Gasteiger partial charge in [0.25, 0.3) is 0 Å². The number of aromatic nitrogens is 1. The lowest BCUT2D eigenvalue weighted by molar-refractivity contribution is 0.0240. The number of nitrogens with zero attached hydrogens (tertiary/aromatic N) is 3. The second-order valence-corrected chi connectivity index (χ2v) is 10.8. The number of carbonyl (C=O) groups is 2. The molecule has 2 aromatic carbocycles. The molecule has 0 unspecified atom stereocenters. The molecule has 0 bridgehead atoms. The number of ether oxygens (including phenoxy) is 3. The second kappa shape index (κ2) is 11.8. The number of rotatable bonds is 7. The fraction of sp³-hybridized carbons (Fsp3) is 0.400. The van der Waals surface area contributed by atoms with Crippen molar-refractivity contribution >= 4 is 34.7 Å². The second-order valence-electron chi connectivity index (χ2n) is 10.8. The SMILES string of the molecule is COC(=O)c1ccc(N2CCN(C(=O)OC(C)(C)C)CC2)cc1Oc1cccc2[nH]cc(/C=C/CN(C)C)c12. The molecule has 0 aliphatic carbocycles. The molecular weight excluding hydrogens is 496 g/mol. The van der Waals surface area contributed by atoms with E-state index in [1.54, 1.807) is 11.0 Å². The minimum Gasteiger partial charge on any atom is -0.465 e. The van der Waals surface area contributed by atoms with Gasteiger partial charge in [-0.1, -0.05) is 18.2 Å². The lowest BCUT2D eigenvalue weighted by Gasteiger charge is -2.37. The maximum atomic E-state index is 12.6. The number of piperazine rings is 1. The molecule has 0 spiro atoms. The Morgan fingerprint density at radius 2 is 1.79 bits per heavy atom. The van der Waals surface area contributed by atoms with Crippen molar-refractivity contribution in [1.82, 2.24) is 14.8 Å². The molecule has 1 aromatic heterocycles. The summed E-state index contributed by atoms with van der Waals surface area (Å²) in [5, 5.41) is 0.930. The van der Waals surface area contributed by atoms with Gasteiger partial charge in [0.15, 0.2) is 0 Å². The number of methoxy groups -OCH3 is 1. The van der Waals surface area contributed by atoms with Gasteiger partial charge in [0, 0.05) is 67.1 Å². The van der Waals surface area contributed by atoms with E-state index in [1.165, 1.54) is 7.11 Å². The molecule has 1 saturated heterocycles. The lowest BCUT2D eigenvalue weighted by Crippen LogP contribution is -2.50. The van der Waals surface area contributed by atoms with Crippen LogP contribution in [0.1, 0.15) is 36.7 Å². The van der Waals surface area contributed by atoms with Gasteiger partial charge in [0.05, 0.1) is 7.11 Å². The number of benzene rings is 2. The summed E-state index contributed by atoms with van der Waals surface area (Å²) in [5.41, 5.74) is 2.64. The van der Waals surface area contributed by atoms with Gasteiger partial charge in [-0.3, -0.25) is 0 Å². The molecule has 1 aliphatic rings. The molecule has 1 aliphatic heterocycles. The Kier molecular flexibility index (Phi) is 8.50. The molecule has 1 amide bonds. The summed E-state index contributed by atoms with van der Waals surface area (Å²) in [4.78, 5) is 34.4. The first-order chi connectivity index (χ1) is 18.6.